The summed E-state index contributed by atoms with van der Waals surface area (Å²) in [5.74, 6) is 1.60. The van der Waals surface area contributed by atoms with E-state index in [-0.39, 0.29) is 5.91 Å². The SMILES string of the molecule is Cc1ccc(C(O)(C(=O)N(C)CC2C3CN(Cc4ccccc4)CC32)c2cccs2)cc1. The maximum Gasteiger partial charge on any atom is 0.264 e. The van der Waals surface area contributed by atoms with Crippen molar-refractivity contribution in [3.05, 3.63) is 93.7 Å². The first-order valence-corrected chi connectivity index (χ1v) is 12.2. The molecule has 0 radical (unpaired) electrons. The van der Waals surface area contributed by atoms with Crippen LogP contribution in [-0.4, -0.2) is 47.5 Å². The number of amides is 1. The predicted octanol–water partition coefficient (Wildman–Crippen LogP) is 4.13. The lowest BCUT2D eigenvalue weighted by atomic mass is 9.90. The highest BCUT2D eigenvalue weighted by Gasteiger charge is 2.56. The summed E-state index contributed by atoms with van der Waals surface area (Å²) in [5.41, 5.74) is 1.46. The van der Waals surface area contributed by atoms with Crippen molar-refractivity contribution in [1.82, 2.24) is 9.80 Å². The maximum absolute atomic E-state index is 13.6. The molecule has 1 aliphatic carbocycles. The molecule has 5 heteroatoms. The fourth-order valence-electron chi connectivity index (χ4n) is 5.30. The number of nitrogens with zero attached hydrogens (tertiary/aromatic N) is 2. The molecule has 2 fully saturated rings. The number of benzene rings is 2. The van der Waals surface area contributed by atoms with Gasteiger partial charge in [-0.25, -0.2) is 0 Å². The molecule has 1 N–H and O–H groups in total. The Kier molecular flexibility index (Phi) is 5.66. The molecule has 0 spiro atoms. The van der Waals surface area contributed by atoms with Gasteiger partial charge in [0.25, 0.3) is 5.91 Å². The smallest absolute Gasteiger partial charge is 0.264 e. The van der Waals surface area contributed by atoms with E-state index in [1.54, 1.807) is 4.90 Å². The molecule has 3 aromatic rings. The molecule has 32 heavy (non-hydrogen) atoms. The van der Waals surface area contributed by atoms with Gasteiger partial charge < -0.3 is 10.0 Å². The molecule has 0 bridgehead atoms. The van der Waals surface area contributed by atoms with E-state index in [2.05, 4.69) is 35.2 Å². The normalized spacial score (nSPS) is 24.0. The summed E-state index contributed by atoms with van der Waals surface area (Å²) in [6.07, 6.45) is 0. The zero-order valence-electron chi connectivity index (χ0n) is 18.6. The number of aryl methyl sites for hydroxylation is 1. The van der Waals surface area contributed by atoms with Crippen LogP contribution in [0, 0.1) is 24.7 Å². The van der Waals surface area contributed by atoms with Gasteiger partial charge in [-0.2, -0.15) is 0 Å². The first kappa shape index (κ1) is 21.4. The summed E-state index contributed by atoms with van der Waals surface area (Å²) in [6.45, 7) is 5.90. The van der Waals surface area contributed by atoms with Crippen LogP contribution in [0.5, 0.6) is 0 Å². The number of likely N-dealkylation sites (tertiary alicyclic amines) is 1. The summed E-state index contributed by atoms with van der Waals surface area (Å²) in [4.78, 5) is 18.6. The van der Waals surface area contributed by atoms with E-state index in [4.69, 9.17) is 0 Å². The molecule has 2 aromatic carbocycles. The molecule has 2 aliphatic rings. The zero-order valence-corrected chi connectivity index (χ0v) is 19.5. The Bertz CT molecular complexity index is 1050. The molecule has 166 valence electrons. The number of hydrogen-bond donors (Lipinski definition) is 1. The van der Waals surface area contributed by atoms with Crippen molar-refractivity contribution in [2.75, 3.05) is 26.7 Å². The molecular weight excluding hydrogens is 416 g/mol. The summed E-state index contributed by atoms with van der Waals surface area (Å²) in [5, 5.41) is 13.6. The minimum absolute atomic E-state index is 0.241. The van der Waals surface area contributed by atoms with Crippen LogP contribution in [0.3, 0.4) is 0 Å². The van der Waals surface area contributed by atoms with Crippen LogP contribution in [-0.2, 0) is 16.9 Å². The molecule has 1 aromatic heterocycles. The van der Waals surface area contributed by atoms with E-state index in [0.717, 1.165) is 25.2 Å². The van der Waals surface area contributed by atoms with Gasteiger partial charge in [-0.15, -0.1) is 11.3 Å². The van der Waals surface area contributed by atoms with Gasteiger partial charge >= 0.3 is 0 Å². The Morgan fingerprint density at radius 2 is 1.75 bits per heavy atom. The number of fused-ring (bicyclic) bond motifs is 1. The Morgan fingerprint density at radius 1 is 1.06 bits per heavy atom. The highest BCUT2D eigenvalue weighted by Crippen LogP contribution is 2.52. The highest BCUT2D eigenvalue weighted by molar-refractivity contribution is 7.10. The average Bonchev–Trinajstić information content (AvgIpc) is 3.22. The van der Waals surface area contributed by atoms with Gasteiger partial charge in [0.1, 0.15) is 0 Å². The largest absolute Gasteiger partial charge is 0.371 e. The topological polar surface area (TPSA) is 43.8 Å². The summed E-state index contributed by atoms with van der Waals surface area (Å²) >= 11 is 1.42. The second-order valence-electron chi connectivity index (χ2n) is 9.41. The van der Waals surface area contributed by atoms with Crippen LogP contribution in [0.2, 0.25) is 0 Å². The summed E-state index contributed by atoms with van der Waals surface area (Å²) in [6, 6.07) is 22.0. The number of carbonyl (C=O) groups is 1. The van der Waals surface area contributed by atoms with Crippen LogP contribution in [0.1, 0.15) is 21.6 Å². The molecule has 4 nitrogen and oxygen atoms in total. The third-order valence-corrected chi connectivity index (χ3v) is 8.16. The van der Waals surface area contributed by atoms with Crippen molar-refractivity contribution in [3.8, 4) is 0 Å². The lowest BCUT2D eigenvalue weighted by molar-refractivity contribution is -0.146. The number of aliphatic hydroxyl groups is 1. The van der Waals surface area contributed by atoms with E-state index in [1.807, 2.05) is 55.7 Å². The summed E-state index contributed by atoms with van der Waals surface area (Å²) < 4.78 is 0. The number of hydrogen-bond acceptors (Lipinski definition) is 4. The fourth-order valence-corrected chi connectivity index (χ4v) is 6.14. The first-order valence-electron chi connectivity index (χ1n) is 11.3. The van der Waals surface area contributed by atoms with E-state index in [0.29, 0.717) is 34.7 Å². The number of piperidine rings is 1. The quantitative estimate of drug-likeness (QED) is 0.594. The molecular formula is C27H30N2O2S. The molecule has 1 saturated carbocycles. The Balaban J connectivity index is 1.25. The van der Waals surface area contributed by atoms with E-state index >= 15 is 0 Å². The maximum atomic E-state index is 13.6. The second kappa shape index (κ2) is 8.47. The third kappa shape index (κ3) is 3.90. The third-order valence-electron chi connectivity index (χ3n) is 7.18. The first-order chi connectivity index (χ1) is 15.5. The Morgan fingerprint density at radius 3 is 2.38 bits per heavy atom. The van der Waals surface area contributed by atoms with Gasteiger partial charge in [-0.05, 0) is 47.3 Å². The molecule has 5 rings (SSSR count). The fraction of sp³-hybridized carbons (Fsp3) is 0.370. The van der Waals surface area contributed by atoms with Crippen molar-refractivity contribution >= 4 is 17.2 Å². The second-order valence-corrected chi connectivity index (χ2v) is 10.4. The minimum atomic E-state index is -1.64. The van der Waals surface area contributed by atoms with Crippen molar-refractivity contribution < 1.29 is 9.90 Å². The van der Waals surface area contributed by atoms with E-state index < -0.39 is 5.60 Å². The van der Waals surface area contributed by atoms with E-state index in [9.17, 15) is 9.90 Å². The number of rotatable bonds is 7. The molecule has 2 heterocycles. The van der Waals surface area contributed by atoms with Gasteiger partial charge in [0.05, 0.1) is 4.88 Å². The van der Waals surface area contributed by atoms with E-state index in [1.165, 1.54) is 16.9 Å². The lowest BCUT2D eigenvalue weighted by Gasteiger charge is -2.32. The number of likely N-dealkylation sites (N-methyl/N-ethyl adjacent to an activating group) is 1. The van der Waals surface area contributed by atoms with Crippen LogP contribution >= 0.6 is 11.3 Å². The highest BCUT2D eigenvalue weighted by atomic mass is 32.1. The molecule has 3 atom stereocenters. The van der Waals surface area contributed by atoms with Gasteiger partial charge in [-0.3, -0.25) is 9.69 Å². The molecule has 1 amide bonds. The van der Waals surface area contributed by atoms with Gasteiger partial charge in [0.2, 0.25) is 5.60 Å². The van der Waals surface area contributed by atoms with Gasteiger partial charge in [0.15, 0.2) is 0 Å². The molecule has 3 unspecified atom stereocenters. The van der Waals surface area contributed by atoms with Crippen LogP contribution < -0.4 is 0 Å². The average molecular weight is 447 g/mol. The summed E-state index contributed by atoms with van der Waals surface area (Å²) in [7, 11) is 1.84. The Labute approximate surface area is 194 Å². The standard InChI is InChI=1S/C27H30N2O2S/c1-19-10-12-21(13-11-19)27(31,25-9-6-14-32-25)26(30)28(2)16-22-23-17-29(18-24(22)23)15-20-7-4-3-5-8-20/h3-14,22-24,31H,15-18H2,1-2H3. The minimum Gasteiger partial charge on any atom is -0.371 e. The van der Waals surface area contributed by atoms with Crippen molar-refractivity contribution in [2.45, 2.75) is 19.1 Å². The number of carbonyl (C=O) groups excluding carboxylic acids is 1. The van der Waals surface area contributed by atoms with Crippen molar-refractivity contribution in [1.29, 1.82) is 0 Å². The Hall–Kier alpha value is -2.47. The van der Waals surface area contributed by atoms with Gasteiger partial charge in [0, 0.05) is 33.2 Å². The van der Waals surface area contributed by atoms with Crippen LogP contribution in [0.4, 0.5) is 0 Å². The van der Waals surface area contributed by atoms with Crippen LogP contribution in [0.25, 0.3) is 0 Å². The lowest BCUT2D eigenvalue weighted by Crippen LogP contribution is -2.46. The number of thiophene rings is 1. The van der Waals surface area contributed by atoms with Crippen molar-refractivity contribution in [2.24, 2.45) is 17.8 Å². The van der Waals surface area contributed by atoms with Gasteiger partial charge in [-0.1, -0.05) is 66.2 Å². The van der Waals surface area contributed by atoms with Crippen molar-refractivity contribution in [3.63, 3.8) is 0 Å². The molecule has 1 saturated heterocycles. The predicted molar refractivity (Wildman–Crippen MR) is 128 cm³/mol. The molecule has 1 aliphatic heterocycles. The van der Waals surface area contributed by atoms with Crippen LogP contribution in [0.15, 0.2) is 72.1 Å². The zero-order chi connectivity index (χ0) is 22.3. The monoisotopic (exact) mass is 446 g/mol.